The monoisotopic (exact) mass is 666 g/mol. The molecule has 0 saturated carbocycles. The molecule has 0 unspecified atom stereocenters. The maximum atomic E-state index is 14.8. The summed E-state index contributed by atoms with van der Waals surface area (Å²) in [7, 11) is 0. The number of rotatable bonds is 6. The smallest absolute Gasteiger partial charge is 0.169 e. The lowest BCUT2D eigenvalue weighted by Crippen LogP contribution is -2.62. The third-order valence-electron chi connectivity index (χ3n) is 10.9. The van der Waals surface area contributed by atoms with E-state index >= 15 is 0 Å². The fourth-order valence-electron chi connectivity index (χ4n) is 8.99. The van der Waals surface area contributed by atoms with Crippen LogP contribution in [0.3, 0.4) is 0 Å². The lowest BCUT2D eigenvalue weighted by atomic mass is 9.58. The molecule has 4 nitrogen and oxygen atoms in total. The highest BCUT2D eigenvalue weighted by Gasteiger charge is 2.75. The van der Waals surface area contributed by atoms with Crippen molar-refractivity contribution >= 4 is 43.1 Å². The van der Waals surface area contributed by atoms with Gasteiger partial charge in [-0.2, -0.15) is 0 Å². The van der Waals surface area contributed by atoms with Gasteiger partial charge in [-0.25, -0.2) is 0 Å². The number of fused-ring (bicyclic) bond motifs is 4. The summed E-state index contributed by atoms with van der Waals surface area (Å²) >= 11 is 0. The lowest BCUT2D eigenvalue weighted by Gasteiger charge is -2.53. The van der Waals surface area contributed by atoms with E-state index in [0.717, 1.165) is 48.7 Å². The Hall–Kier alpha value is -5.36. The first-order chi connectivity index (χ1) is 24.8. The summed E-state index contributed by atoms with van der Waals surface area (Å²) in [6, 6.07) is 56.8. The van der Waals surface area contributed by atoms with Crippen LogP contribution in [0.15, 0.2) is 170 Å². The van der Waals surface area contributed by atoms with E-state index in [-0.39, 0.29) is 0 Å². The van der Waals surface area contributed by atoms with Crippen LogP contribution in [-0.2, 0) is 26.3 Å². The number of aliphatic hydroxyl groups excluding tert-OH is 1. The molecule has 1 heterocycles. The van der Waals surface area contributed by atoms with E-state index in [1.165, 1.54) is 0 Å². The highest BCUT2D eigenvalue weighted by Crippen LogP contribution is 2.67. The Morgan fingerprint density at radius 1 is 0.451 bits per heavy atom. The first-order valence-corrected chi connectivity index (χ1v) is 17.5. The van der Waals surface area contributed by atoms with Crippen LogP contribution in [-0.4, -0.2) is 22.6 Å². The third kappa shape index (κ3) is 4.41. The van der Waals surface area contributed by atoms with Gasteiger partial charge in [0.1, 0.15) is 0 Å². The fourth-order valence-corrected chi connectivity index (χ4v) is 8.99. The average molecular weight is 667 g/mol. The summed E-state index contributed by atoms with van der Waals surface area (Å²) in [6.07, 6.45) is 0. The number of hydrogen-bond donors (Lipinski definition) is 2. The summed E-state index contributed by atoms with van der Waals surface area (Å²) in [5, 5.41) is 34.6. The van der Waals surface area contributed by atoms with Crippen LogP contribution in [0, 0.1) is 0 Å². The van der Waals surface area contributed by atoms with Gasteiger partial charge in [0, 0.05) is 0 Å². The minimum absolute atomic E-state index is 0.495. The van der Waals surface area contributed by atoms with Crippen molar-refractivity contribution < 1.29 is 19.7 Å². The molecule has 51 heavy (non-hydrogen) atoms. The molecule has 1 saturated heterocycles. The topological polar surface area (TPSA) is 58.9 Å². The predicted octanol–water partition coefficient (Wildman–Crippen LogP) is 10.1. The van der Waals surface area contributed by atoms with Crippen molar-refractivity contribution in [2.75, 3.05) is 6.61 Å². The van der Waals surface area contributed by atoms with Crippen molar-refractivity contribution in [1.82, 2.24) is 0 Å². The van der Waals surface area contributed by atoms with Crippen LogP contribution in [0.1, 0.15) is 36.1 Å². The molecule has 9 rings (SSSR count). The SMILES string of the molecule is CC1(C)O[C@](CO)(c2cccc3ccccc23)[C@](c2cccc3ccccc23)(C(O)(c2cccc3ccccc23)c2cccc3ccccc23)O1. The molecule has 0 radical (unpaired) electrons. The first kappa shape index (κ1) is 31.6. The van der Waals surface area contributed by atoms with Gasteiger partial charge in [-0.15, -0.1) is 0 Å². The average Bonchev–Trinajstić information content (AvgIpc) is 3.45. The second-order valence-corrected chi connectivity index (χ2v) is 14.1. The number of hydrogen-bond acceptors (Lipinski definition) is 4. The Morgan fingerprint density at radius 2 is 0.824 bits per heavy atom. The second-order valence-electron chi connectivity index (χ2n) is 14.1. The highest BCUT2D eigenvalue weighted by atomic mass is 16.8. The molecule has 1 aliphatic rings. The van der Waals surface area contributed by atoms with Crippen molar-refractivity contribution in [2.45, 2.75) is 36.4 Å². The Labute approximate surface area is 297 Å². The zero-order chi connectivity index (χ0) is 34.8. The van der Waals surface area contributed by atoms with Crippen molar-refractivity contribution in [2.24, 2.45) is 0 Å². The standard InChI is InChI=1S/C47H38O4/c1-44(2)50-45(31-48,40-27-11-19-32-15-3-7-23-36(32)40)47(51-44,43-30-14-22-35-18-6-10-26-39(35)43)46(49,41-28-12-20-33-16-4-8-24-37(33)41)42-29-13-21-34-17-5-9-25-38(34)42/h3-30,48-49H,31H2,1-2H3/t45-,47-/m1/s1. The Balaban J connectivity index is 1.57. The van der Waals surface area contributed by atoms with E-state index in [4.69, 9.17) is 9.47 Å². The summed E-state index contributed by atoms with van der Waals surface area (Å²) < 4.78 is 14.9. The third-order valence-corrected chi connectivity index (χ3v) is 10.9. The zero-order valence-corrected chi connectivity index (χ0v) is 28.6. The molecule has 0 aliphatic carbocycles. The van der Waals surface area contributed by atoms with Crippen LogP contribution in [0.25, 0.3) is 43.1 Å². The maximum Gasteiger partial charge on any atom is 0.169 e. The van der Waals surface area contributed by atoms with Gasteiger partial charge in [0.25, 0.3) is 0 Å². The van der Waals surface area contributed by atoms with E-state index < -0.39 is 29.2 Å². The second kappa shape index (κ2) is 11.6. The molecular weight excluding hydrogens is 629 g/mol. The molecule has 1 aliphatic heterocycles. The number of aliphatic hydroxyl groups is 2. The Bertz CT molecular complexity index is 2510. The normalized spacial score (nSPS) is 20.4. The quantitative estimate of drug-likeness (QED) is 0.186. The van der Waals surface area contributed by atoms with Crippen LogP contribution < -0.4 is 0 Å². The fraction of sp³-hybridized carbons (Fsp3) is 0.149. The molecular formula is C47H38O4. The first-order valence-electron chi connectivity index (χ1n) is 17.5. The van der Waals surface area contributed by atoms with Gasteiger partial charge in [0.15, 0.2) is 22.6 Å². The van der Waals surface area contributed by atoms with E-state index in [2.05, 4.69) is 72.8 Å². The number of benzene rings is 8. The zero-order valence-electron chi connectivity index (χ0n) is 28.6. The summed E-state index contributed by atoms with van der Waals surface area (Å²) in [6.45, 7) is 3.26. The van der Waals surface area contributed by atoms with Crippen LogP contribution in [0.2, 0.25) is 0 Å². The number of ether oxygens (including phenoxy) is 2. The van der Waals surface area contributed by atoms with E-state index in [1.807, 2.05) is 111 Å². The van der Waals surface area contributed by atoms with Crippen LogP contribution in [0.5, 0.6) is 0 Å². The van der Waals surface area contributed by atoms with Gasteiger partial charge in [-0.1, -0.05) is 170 Å². The van der Waals surface area contributed by atoms with E-state index in [0.29, 0.717) is 16.7 Å². The van der Waals surface area contributed by atoms with Crippen molar-refractivity contribution in [3.05, 3.63) is 192 Å². The molecule has 8 aromatic rings. The molecule has 1 fully saturated rings. The molecule has 0 aromatic heterocycles. The van der Waals surface area contributed by atoms with E-state index in [1.54, 1.807) is 0 Å². The van der Waals surface area contributed by atoms with Gasteiger partial charge in [-0.3, -0.25) is 0 Å². The van der Waals surface area contributed by atoms with Gasteiger partial charge >= 0.3 is 0 Å². The summed E-state index contributed by atoms with van der Waals surface area (Å²) in [5.74, 6) is -1.28. The van der Waals surface area contributed by atoms with Gasteiger partial charge in [0.05, 0.1) is 6.61 Å². The molecule has 250 valence electrons. The minimum atomic E-state index is -1.98. The molecule has 0 spiro atoms. The van der Waals surface area contributed by atoms with Crippen molar-refractivity contribution in [1.29, 1.82) is 0 Å². The Kier molecular flexibility index (Phi) is 7.18. The van der Waals surface area contributed by atoms with Gasteiger partial charge < -0.3 is 19.7 Å². The predicted molar refractivity (Wildman–Crippen MR) is 205 cm³/mol. The molecule has 0 amide bonds. The van der Waals surface area contributed by atoms with Crippen molar-refractivity contribution in [3.8, 4) is 0 Å². The van der Waals surface area contributed by atoms with Crippen molar-refractivity contribution in [3.63, 3.8) is 0 Å². The molecule has 0 bridgehead atoms. The van der Waals surface area contributed by atoms with Gasteiger partial charge in [0.2, 0.25) is 0 Å². The van der Waals surface area contributed by atoms with Crippen LogP contribution >= 0.6 is 0 Å². The lowest BCUT2D eigenvalue weighted by molar-refractivity contribution is -0.215. The van der Waals surface area contributed by atoms with Crippen LogP contribution in [0.4, 0.5) is 0 Å². The summed E-state index contributed by atoms with van der Waals surface area (Å²) in [4.78, 5) is 0. The summed E-state index contributed by atoms with van der Waals surface area (Å²) in [5.41, 5.74) is -2.71. The molecule has 8 aromatic carbocycles. The minimum Gasteiger partial charge on any atom is -0.393 e. The maximum absolute atomic E-state index is 14.8. The van der Waals surface area contributed by atoms with Gasteiger partial charge in [-0.05, 0) is 79.2 Å². The molecule has 2 atom stereocenters. The molecule has 2 N–H and O–H groups in total. The van der Waals surface area contributed by atoms with E-state index in [9.17, 15) is 10.2 Å². The largest absolute Gasteiger partial charge is 0.393 e. The Morgan fingerprint density at radius 3 is 1.31 bits per heavy atom. The highest BCUT2D eigenvalue weighted by molar-refractivity contribution is 5.94. The molecule has 4 heteroatoms.